The molecular weight excluding hydrogens is 318 g/mol. The molecule has 0 bridgehead atoms. The van der Waals surface area contributed by atoms with Crippen LogP contribution in [0, 0.1) is 13.8 Å². The predicted molar refractivity (Wildman–Crippen MR) is 95.5 cm³/mol. The van der Waals surface area contributed by atoms with Crippen molar-refractivity contribution in [2.45, 2.75) is 51.7 Å². The third-order valence-corrected chi connectivity index (χ3v) is 5.21. The number of piperazine rings is 1. The zero-order valence-corrected chi connectivity index (χ0v) is 15.2. The number of carbonyl (C=O) groups is 2. The molecule has 1 aromatic rings. The number of benzene rings is 1. The van der Waals surface area contributed by atoms with E-state index in [-0.39, 0.29) is 18.2 Å². The van der Waals surface area contributed by atoms with Crippen LogP contribution in [0.2, 0.25) is 0 Å². The van der Waals surface area contributed by atoms with Gasteiger partial charge in [-0.25, -0.2) is 0 Å². The second-order valence-electron chi connectivity index (χ2n) is 7.00. The second-order valence-corrected chi connectivity index (χ2v) is 7.00. The van der Waals surface area contributed by atoms with E-state index in [1.54, 1.807) is 7.11 Å². The van der Waals surface area contributed by atoms with Gasteiger partial charge in [-0.3, -0.25) is 14.5 Å². The van der Waals surface area contributed by atoms with Crippen LogP contribution in [0.4, 0.5) is 0 Å². The van der Waals surface area contributed by atoms with Crippen LogP contribution in [0.1, 0.15) is 36.0 Å². The van der Waals surface area contributed by atoms with Gasteiger partial charge in [0.15, 0.2) is 0 Å². The van der Waals surface area contributed by atoms with Gasteiger partial charge in [-0.15, -0.1) is 0 Å². The van der Waals surface area contributed by atoms with Crippen LogP contribution >= 0.6 is 0 Å². The lowest BCUT2D eigenvalue weighted by Crippen LogP contribution is -2.56. The molecule has 1 saturated carbocycles. The van der Waals surface area contributed by atoms with E-state index in [0.29, 0.717) is 19.1 Å². The molecule has 2 fully saturated rings. The third-order valence-electron chi connectivity index (χ3n) is 5.21. The standard InChI is InChI=1S/C19H27N3O3/c1-12-13(2)17(25-3)7-4-14(12)11-22-9-8-20-19(24)16(22)10-18(23)21-15-5-6-15/h4,7,15-16H,5-6,8-11H2,1-3H3,(H,20,24)(H,21,23)/t16-/m1/s1. The molecule has 0 radical (unpaired) electrons. The number of hydrogen-bond donors (Lipinski definition) is 2. The van der Waals surface area contributed by atoms with Gasteiger partial charge < -0.3 is 15.4 Å². The first-order chi connectivity index (χ1) is 12.0. The fourth-order valence-electron chi connectivity index (χ4n) is 3.33. The molecule has 6 heteroatoms. The van der Waals surface area contributed by atoms with E-state index < -0.39 is 6.04 Å². The van der Waals surface area contributed by atoms with Gasteiger partial charge in [0.2, 0.25) is 11.8 Å². The molecule has 1 saturated heterocycles. The minimum Gasteiger partial charge on any atom is -0.496 e. The largest absolute Gasteiger partial charge is 0.496 e. The van der Waals surface area contributed by atoms with Crippen LogP contribution in [0.5, 0.6) is 5.75 Å². The minimum absolute atomic E-state index is 0.0304. The zero-order chi connectivity index (χ0) is 18.0. The maximum absolute atomic E-state index is 12.3. The normalized spacial score (nSPS) is 20.9. The van der Waals surface area contributed by atoms with Crippen molar-refractivity contribution in [3.63, 3.8) is 0 Å². The summed E-state index contributed by atoms with van der Waals surface area (Å²) < 4.78 is 5.37. The van der Waals surface area contributed by atoms with Crippen LogP contribution in [0.25, 0.3) is 0 Å². The first kappa shape index (κ1) is 17.7. The summed E-state index contributed by atoms with van der Waals surface area (Å²) in [4.78, 5) is 26.6. The number of amides is 2. The fourth-order valence-corrected chi connectivity index (χ4v) is 3.33. The minimum atomic E-state index is -0.408. The molecule has 0 unspecified atom stereocenters. The SMILES string of the molecule is COc1ccc(CN2CCNC(=O)[C@H]2CC(=O)NC2CC2)c(C)c1C. The van der Waals surface area contributed by atoms with E-state index in [2.05, 4.69) is 28.5 Å². The molecule has 2 aliphatic rings. The molecule has 6 nitrogen and oxygen atoms in total. The number of hydrogen-bond acceptors (Lipinski definition) is 4. The zero-order valence-electron chi connectivity index (χ0n) is 15.2. The number of ether oxygens (including phenoxy) is 1. The number of nitrogens with one attached hydrogen (secondary N) is 2. The number of rotatable bonds is 6. The molecule has 1 aliphatic carbocycles. The molecule has 1 aromatic carbocycles. The predicted octanol–water partition coefficient (Wildman–Crippen LogP) is 1.28. The Morgan fingerprint density at radius 1 is 1.32 bits per heavy atom. The Balaban J connectivity index is 1.73. The molecule has 1 atom stereocenters. The van der Waals surface area contributed by atoms with Gasteiger partial charge in [0, 0.05) is 25.7 Å². The summed E-state index contributed by atoms with van der Waals surface area (Å²) in [5.41, 5.74) is 3.46. The van der Waals surface area contributed by atoms with Gasteiger partial charge in [-0.2, -0.15) is 0 Å². The van der Waals surface area contributed by atoms with Crippen molar-refractivity contribution in [3.8, 4) is 5.75 Å². The Morgan fingerprint density at radius 3 is 2.76 bits per heavy atom. The summed E-state index contributed by atoms with van der Waals surface area (Å²) >= 11 is 0. The molecule has 3 rings (SSSR count). The smallest absolute Gasteiger partial charge is 0.237 e. The first-order valence-corrected chi connectivity index (χ1v) is 8.93. The number of nitrogens with zero attached hydrogens (tertiary/aromatic N) is 1. The lowest BCUT2D eigenvalue weighted by molar-refractivity contribution is -0.134. The van der Waals surface area contributed by atoms with Crippen LogP contribution in [-0.2, 0) is 16.1 Å². The Labute approximate surface area is 148 Å². The van der Waals surface area contributed by atoms with E-state index in [1.165, 1.54) is 11.1 Å². The van der Waals surface area contributed by atoms with Crippen LogP contribution in [0.3, 0.4) is 0 Å². The number of methoxy groups -OCH3 is 1. The highest BCUT2D eigenvalue weighted by atomic mass is 16.5. The van der Waals surface area contributed by atoms with Crippen molar-refractivity contribution in [1.29, 1.82) is 0 Å². The number of carbonyl (C=O) groups excluding carboxylic acids is 2. The van der Waals surface area contributed by atoms with Crippen molar-refractivity contribution < 1.29 is 14.3 Å². The van der Waals surface area contributed by atoms with Gasteiger partial charge in [0.1, 0.15) is 5.75 Å². The summed E-state index contributed by atoms with van der Waals surface area (Å²) in [5.74, 6) is 0.787. The topological polar surface area (TPSA) is 70.7 Å². The average molecular weight is 345 g/mol. The molecular formula is C19H27N3O3. The summed E-state index contributed by atoms with van der Waals surface area (Å²) in [6.07, 6.45) is 2.32. The fraction of sp³-hybridized carbons (Fsp3) is 0.579. The van der Waals surface area contributed by atoms with Gasteiger partial charge in [-0.05, 0) is 49.4 Å². The molecule has 0 spiro atoms. The summed E-state index contributed by atoms with van der Waals surface area (Å²) in [6, 6.07) is 3.93. The quantitative estimate of drug-likeness (QED) is 0.815. The monoisotopic (exact) mass is 345 g/mol. The van der Waals surface area contributed by atoms with Crippen molar-refractivity contribution >= 4 is 11.8 Å². The molecule has 25 heavy (non-hydrogen) atoms. The Bertz CT molecular complexity index is 670. The van der Waals surface area contributed by atoms with Crippen molar-refractivity contribution in [2.24, 2.45) is 0 Å². The Kier molecular flexibility index (Phi) is 5.27. The van der Waals surface area contributed by atoms with E-state index >= 15 is 0 Å². The molecule has 136 valence electrons. The second kappa shape index (κ2) is 7.44. The lowest BCUT2D eigenvalue weighted by atomic mass is 10.00. The highest BCUT2D eigenvalue weighted by molar-refractivity contribution is 5.89. The molecule has 1 aliphatic heterocycles. The average Bonchev–Trinajstić information content (AvgIpc) is 3.39. The van der Waals surface area contributed by atoms with E-state index in [1.807, 2.05) is 13.0 Å². The molecule has 1 heterocycles. The van der Waals surface area contributed by atoms with Gasteiger partial charge in [0.25, 0.3) is 0 Å². The van der Waals surface area contributed by atoms with Crippen LogP contribution in [0.15, 0.2) is 12.1 Å². The van der Waals surface area contributed by atoms with E-state index in [0.717, 1.165) is 30.7 Å². The van der Waals surface area contributed by atoms with Crippen LogP contribution in [-0.4, -0.2) is 49.0 Å². The highest BCUT2D eigenvalue weighted by Gasteiger charge is 2.33. The van der Waals surface area contributed by atoms with Crippen molar-refractivity contribution in [2.75, 3.05) is 20.2 Å². The lowest BCUT2D eigenvalue weighted by Gasteiger charge is -2.35. The first-order valence-electron chi connectivity index (χ1n) is 8.93. The molecule has 0 aromatic heterocycles. The Morgan fingerprint density at radius 2 is 2.08 bits per heavy atom. The van der Waals surface area contributed by atoms with Gasteiger partial charge >= 0.3 is 0 Å². The summed E-state index contributed by atoms with van der Waals surface area (Å²) in [5, 5.41) is 5.87. The third kappa shape index (κ3) is 4.12. The van der Waals surface area contributed by atoms with Gasteiger partial charge in [0.05, 0.1) is 19.6 Å². The van der Waals surface area contributed by atoms with Crippen molar-refractivity contribution in [1.82, 2.24) is 15.5 Å². The van der Waals surface area contributed by atoms with Gasteiger partial charge in [-0.1, -0.05) is 6.07 Å². The molecule has 2 amide bonds. The summed E-state index contributed by atoms with van der Waals surface area (Å²) in [6.45, 7) is 6.14. The Hall–Kier alpha value is -2.08. The maximum Gasteiger partial charge on any atom is 0.237 e. The van der Waals surface area contributed by atoms with E-state index in [4.69, 9.17) is 4.74 Å². The summed E-state index contributed by atoms with van der Waals surface area (Å²) in [7, 11) is 1.67. The molecule has 2 N–H and O–H groups in total. The van der Waals surface area contributed by atoms with Crippen LogP contribution < -0.4 is 15.4 Å². The highest BCUT2D eigenvalue weighted by Crippen LogP contribution is 2.26. The van der Waals surface area contributed by atoms with E-state index in [9.17, 15) is 9.59 Å². The van der Waals surface area contributed by atoms with Crippen molar-refractivity contribution in [3.05, 3.63) is 28.8 Å². The maximum atomic E-state index is 12.3.